The predicted molar refractivity (Wildman–Crippen MR) is 63.0 cm³/mol. The molecule has 0 saturated heterocycles. The van der Waals surface area contributed by atoms with E-state index in [9.17, 15) is 0 Å². The van der Waals surface area contributed by atoms with Crippen molar-refractivity contribution in [1.29, 1.82) is 5.26 Å². The van der Waals surface area contributed by atoms with E-state index in [1.54, 1.807) is 24.4 Å². The highest BCUT2D eigenvalue weighted by Crippen LogP contribution is 1.96. The zero-order valence-corrected chi connectivity index (χ0v) is 8.58. The third-order valence-electron chi connectivity index (χ3n) is 1.54. The van der Waals surface area contributed by atoms with Crippen LogP contribution in [0.1, 0.15) is 0 Å². The quantitative estimate of drug-likeness (QED) is 0.670. The van der Waals surface area contributed by atoms with Crippen molar-refractivity contribution < 1.29 is 4.84 Å². The Morgan fingerprint density at radius 2 is 1.88 bits per heavy atom. The van der Waals surface area contributed by atoms with Gasteiger partial charge in [0.05, 0.1) is 17.9 Å². The molecule has 0 aromatic carbocycles. The number of rotatable bonds is 0. The summed E-state index contributed by atoms with van der Waals surface area (Å²) in [5.41, 5.74) is 2.83. The second kappa shape index (κ2) is 7.83. The normalized spacial score (nSPS) is 15.6. The molecule has 0 aromatic rings. The number of hydrazone groups is 1. The SMILES string of the molecule is N#CC1=CC=CC=CC=CC=NNOC=C1. The zero-order valence-electron chi connectivity index (χ0n) is 8.58. The van der Waals surface area contributed by atoms with E-state index in [1.807, 2.05) is 30.4 Å². The molecular formula is C12H11N3O. The first-order chi connectivity index (χ1) is 7.93. The molecular weight excluding hydrogens is 202 g/mol. The molecule has 0 spiro atoms. The second-order valence-corrected chi connectivity index (χ2v) is 2.68. The summed E-state index contributed by atoms with van der Waals surface area (Å²) in [4.78, 5) is 4.81. The van der Waals surface area contributed by atoms with Crippen LogP contribution in [0.25, 0.3) is 0 Å². The molecule has 1 heterocycles. The second-order valence-electron chi connectivity index (χ2n) is 2.68. The lowest BCUT2D eigenvalue weighted by atomic mass is 10.2. The minimum absolute atomic E-state index is 0.489. The standard InChI is InChI=1S/C12H11N3O/c13-11-12-7-5-3-1-2-4-6-9-14-15-16-10-8-12/h1-10,15H. The zero-order chi connectivity index (χ0) is 11.5. The summed E-state index contributed by atoms with van der Waals surface area (Å²) in [6.07, 6.45) is 17.0. The Kier molecular flexibility index (Phi) is 5.64. The van der Waals surface area contributed by atoms with Crippen molar-refractivity contribution in [3.05, 3.63) is 60.4 Å². The fraction of sp³-hybridized carbons (Fsp3) is 0. The van der Waals surface area contributed by atoms with E-state index in [0.717, 1.165) is 0 Å². The smallest absolute Gasteiger partial charge is 0.122 e. The Labute approximate surface area is 94.2 Å². The van der Waals surface area contributed by atoms with Crippen LogP contribution in [-0.2, 0) is 4.84 Å². The molecule has 0 atom stereocenters. The molecule has 0 aliphatic carbocycles. The molecule has 0 unspecified atom stereocenters. The molecule has 1 aliphatic heterocycles. The molecule has 0 saturated carbocycles. The van der Waals surface area contributed by atoms with Gasteiger partial charge in [-0.1, -0.05) is 30.4 Å². The number of hydrogen-bond acceptors (Lipinski definition) is 4. The summed E-state index contributed by atoms with van der Waals surface area (Å²) >= 11 is 0. The van der Waals surface area contributed by atoms with Crippen LogP contribution in [0.3, 0.4) is 0 Å². The van der Waals surface area contributed by atoms with Gasteiger partial charge in [0.15, 0.2) is 0 Å². The number of nitrogens with one attached hydrogen (secondary N) is 1. The van der Waals surface area contributed by atoms with Crippen molar-refractivity contribution in [1.82, 2.24) is 5.59 Å². The lowest BCUT2D eigenvalue weighted by molar-refractivity contribution is 0.139. The van der Waals surface area contributed by atoms with E-state index in [4.69, 9.17) is 10.1 Å². The average Bonchev–Trinajstić information content (AvgIpc) is 2.32. The number of hydrogen-bond donors (Lipinski definition) is 1. The summed E-state index contributed by atoms with van der Waals surface area (Å²) in [6.45, 7) is 0. The van der Waals surface area contributed by atoms with Gasteiger partial charge >= 0.3 is 0 Å². The molecule has 1 N–H and O–H groups in total. The Balaban J connectivity index is 2.77. The molecule has 0 aromatic heterocycles. The third kappa shape index (κ3) is 5.25. The van der Waals surface area contributed by atoms with Crippen molar-refractivity contribution in [3.8, 4) is 6.07 Å². The van der Waals surface area contributed by atoms with Crippen LogP contribution < -0.4 is 5.59 Å². The van der Waals surface area contributed by atoms with E-state index in [-0.39, 0.29) is 0 Å². The Morgan fingerprint density at radius 1 is 1.12 bits per heavy atom. The predicted octanol–water partition coefficient (Wildman–Crippen LogP) is 2.14. The molecule has 80 valence electrons. The van der Waals surface area contributed by atoms with Crippen LogP contribution in [0.5, 0.6) is 0 Å². The van der Waals surface area contributed by atoms with Gasteiger partial charge in [-0.25, -0.2) is 0 Å². The Morgan fingerprint density at radius 3 is 2.69 bits per heavy atom. The first kappa shape index (κ1) is 11.5. The van der Waals surface area contributed by atoms with Gasteiger partial charge in [0.1, 0.15) is 6.26 Å². The van der Waals surface area contributed by atoms with Gasteiger partial charge in [0.2, 0.25) is 0 Å². The molecule has 1 aliphatic rings. The summed E-state index contributed by atoms with van der Waals surface area (Å²) < 4.78 is 0. The largest absolute Gasteiger partial charge is 0.373 e. The minimum Gasteiger partial charge on any atom is -0.373 e. The van der Waals surface area contributed by atoms with Gasteiger partial charge in [0.25, 0.3) is 0 Å². The third-order valence-corrected chi connectivity index (χ3v) is 1.54. The van der Waals surface area contributed by atoms with Gasteiger partial charge in [0, 0.05) is 0 Å². The van der Waals surface area contributed by atoms with Crippen molar-refractivity contribution in [2.75, 3.05) is 0 Å². The van der Waals surface area contributed by atoms with Crippen molar-refractivity contribution in [3.63, 3.8) is 0 Å². The van der Waals surface area contributed by atoms with E-state index in [1.165, 1.54) is 12.3 Å². The lowest BCUT2D eigenvalue weighted by Crippen LogP contribution is -2.00. The summed E-state index contributed by atoms with van der Waals surface area (Å²) in [5, 5.41) is 12.5. The molecule has 0 fully saturated rings. The molecule has 0 amide bonds. The highest BCUT2D eigenvalue weighted by Gasteiger charge is 1.85. The Hall–Kier alpha value is -2.54. The van der Waals surface area contributed by atoms with Crippen molar-refractivity contribution in [2.24, 2.45) is 5.10 Å². The average molecular weight is 213 g/mol. The number of nitriles is 1. The van der Waals surface area contributed by atoms with Crippen LogP contribution in [0.2, 0.25) is 0 Å². The van der Waals surface area contributed by atoms with Gasteiger partial charge in [-0.2, -0.15) is 10.4 Å². The maximum atomic E-state index is 8.76. The minimum atomic E-state index is 0.489. The van der Waals surface area contributed by atoms with Crippen molar-refractivity contribution >= 4 is 6.21 Å². The van der Waals surface area contributed by atoms with Crippen LogP contribution in [0.15, 0.2) is 65.5 Å². The van der Waals surface area contributed by atoms with E-state index in [2.05, 4.69) is 10.7 Å². The molecule has 4 nitrogen and oxygen atoms in total. The monoisotopic (exact) mass is 213 g/mol. The molecule has 4 heteroatoms. The summed E-state index contributed by atoms with van der Waals surface area (Å²) in [7, 11) is 0. The van der Waals surface area contributed by atoms with Gasteiger partial charge in [-0.3, -0.25) is 0 Å². The van der Waals surface area contributed by atoms with E-state index < -0.39 is 0 Å². The van der Waals surface area contributed by atoms with Crippen molar-refractivity contribution in [2.45, 2.75) is 0 Å². The highest BCUT2D eigenvalue weighted by atomic mass is 16.7. The fourth-order valence-corrected chi connectivity index (χ4v) is 0.837. The van der Waals surface area contributed by atoms with Crippen LogP contribution in [0, 0.1) is 11.3 Å². The molecule has 0 bridgehead atoms. The van der Waals surface area contributed by atoms with E-state index in [0.29, 0.717) is 5.57 Å². The maximum Gasteiger partial charge on any atom is 0.122 e. The summed E-state index contributed by atoms with van der Waals surface area (Å²) in [6, 6.07) is 2.02. The molecule has 16 heavy (non-hydrogen) atoms. The molecule has 0 radical (unpaired) electrons. The number of allylic oxidation sites excluding steroid dienone is 9. The van der Waals surface area contributed by atoms with Crippen LogP contribution in [0.4, 0.5) is 0 Å². The van der Waals surface area contributed by atoms with Crippen LogP contribution >= 0.6 is 0 Å². The molecule has 1 rings (SSSR count). The van der Waals surface area contributed by atoms with Gasteiger partial charge in [-0.05, 0) is 18.2 Å². The highest BCUT2D eigenvalue weighted by molar-refractivity contribution is 5.71. The van der Waals surface area contributed by atoms with Gasteiger partial charge < -0.3 is 4.84 Å². The first-order valence-electron chi connectivity index (χ1n) is 4.64. The topological polar surface area (TPSA) is 57.4 Å². The first-order valence-corrected chi connectivity index (χ1v) is 4.64. The maximum absolute atomic E-state index is 8.76. The van der Waals surface area contributed by atoms with E-state index >= 15 is 0 Å². The van der Waals surface area contributed by atoms with Gasteiger partial charge in [-0.15, -0.1) is 5.59 Å². The Bertz CT molecular complexity index is 420. The number of nitrogens with zero attached hydrogens (tertiary/aromatic N) is 2. The fourth-order valence-electron chi connectivity index (χ4n) is 0.837. The van der Waals surface area contributed by atoms with Crippen LogP contribution in [-0.4, -0.2) is 6.21 Å². The lowest BCUT2D eigenvalue weighted by Gasteiger charge is -1.94. The summed E-state index contributed by atoms with van der Waals surface area (Å²) in [5.74, 6) is 0.